The first-order valence-electron chi connectivity index (χ1n) is 3.36. The summed E-state index contributed by atoms with van der Waals surface area (Å²) >= 11 is 3.38. The number of hydrogen-bond acceptors (Lipinski definition) is 2. The Morgan fingerprint density at radius 1 is 1.55 bits per heavy atom. The number of halogens is 1. The molecule has 0 radical (unpaired) electrons. The molecular formula is C8H10BrNO. The lowest BCUT2D eigenvalue weighted by molar-refractivity contribution is 0.0444. The van der Waals surface area contributed by atoms with E-state index in [-0.39, 0.29) is 0 Å². The predicted molar refractivity (Wildman–Crippen MR) is 48.0 cm³/mol. The average Bonchev–Trinajstić information content (AvgIpc) is 2.01. The van der Waals surface area contributed by atoms with Gasteiger partial charge in [0.1, 0.15) is 0 Å². The summed E-state index contributed by atoms with van der Waals surface area (Å²) in [6, 6.07) is 8.01. The molecule has 3 heteroatoms. The van der Waals surface area contributed by atoms with Crippen LogP contribution in [0, 0.1) is 0 Å². The minimum atomic E-state index is 0.593. The van der Waals surface area contributed by atoms with E-state index in [0.29, 0.717) is 6.61 Å². The molecule has 0 aliphatic rings. The van der Waals surface area contributed by atoms with Crippen molar-refractivity contribution in [2.45, 2.75) is 6.61 Å². The summed E-state index contributed by atoms with van der Waals surface area (Å²) < 4.78 is 1.08. The fraction of sp³-hybridized carbons (Fsp3) is 0.250. The highest BCUT2D eigenvalue weighted by Gasteiger charge is 1.91. The zero-order chi connectivity index (χ0) is 8.10. The SMILES string of the molecule is CNOCc1cccc(Br)c1. The number of benzene rings is 1. The van der Waals surface area contributed by atoms with Crippen LogP contribution in [0.5, 0.6) is 0 Å². The van der Waals surface area contributed by atoms with Crippen LogP contribution in [0.15, 0.2) is 28.7 Å². The van der Waals surface area contributed by atoms with Gasteiger partial charge in [-0.25, -0.2) is 5.48 Å². The van der Waals surface area contributed by atoms with Gasteiger partial charge in [0.2, 0.25) is 0 Å². The maximum Gasteiger partial charge on any atom is 0.0933 e. The van der Waals surface area contributed by atoms with Crippen LogP contribution in [0.3, 0.4) is 0 Å². The van der Waals surface area contributed by atoms with E-state index in [1.165, 1.54) is 0 Å². The van der Waals surface area contributed by atoms with Crippen molar-refractivity contribution in [2.75, 3.05) is 7.05 Å². The topological polar surface area (TPSA) is 21.3 Å². The maximum atomic E-state index is 5.00. The number of nitrogens with one attached hydrogen (secondary N) is 1. The van der Waals surface area contributed by atoms with Crippen LogP contribution < -0.4 is 5.48 Å². The monoisotopic (exact) mass is 215 g/mol. The second kappa shape index (κ2) is 4.49. The standard InChI is InChI=1S/C8H10BrNO/c1-10-11-6-7-3-2-4-8(9)5-7/h2-5,10H,6H2,1H3. The van der Waals surface area contributed by atoms with Crippen LogP contribution >= 0.6 is 15.9 Å². The maximum absolute atomic E-state index is 5.00. The quantitative estimate of drug-likeness (QED) is 0.781. The predicted octanol–water partition coefficient (Wildman–Crippen LogP) is 2.10. The molecule has 0 bridgehead atoms. The molecule has 1 aromatic carbocycles. The summed E-state index contributed by atoms with van der Waals surface area (Å²) in [5.41, 5.74) is 3.77. The Kier molecular flexibility index (Phi) is 3.56. The largest absolute Gasteiger partial charge is 0.297 e. The third-order valence-electron chi connectivity index (χ3n) is 1.27. The van der Waals surface area contributed by atoms with Crippen molar-refractivity contribution in [1.29, 1.82) is 0 Å². The van der Waals surface area contributed by atoms with E-state index in [9.17, 15) is 0 Å². The van der Waals surface area contributed by atoms with Gasteiger partial charge in [-0.1, -0.05) is 28.1 Å². The average molecular weight is 216 g/mol. The fourth-order valence-electron chi connectivity index (χ4n) is 0.782. The molecule has 1 N–H and O–H groups in total. The number of hydrogen-bond donors (Lipinski definition) is 1. The van der Waals surface area contributed by atoms with Crippen molar-refractivity contribution >= 4 is 15.9 Å². The van der Waals surface area contributed by atoms with Crippen LogP contribution in [0.4, 0.5) is 0 Å². The van der Waals surface area contributed by atoms with E-state index < -0.39 is 0 Å². The highest BCUT2D eigenvalue weighted by atomic mass is 79.9. The zero-order valence-electron chi connectivity index (χ0n) is 6.30. The zero-order valence-corrected chi connectivity index (χ0v) is 7.89. The molecule has 1 rings (SSSR count). The minimum Gasteiger partial charge on any atom is -0.297 e. The normalized spacial score (nSPS) is 10.0. The molecule has 0 aliphatic heterocycles. The summed E-state index contributed by atoms with van der Waals surface area (Å²) in [5, 5.41) is 0. The number of rotatable bonds is 3. The Labute approximate surface area is 74.6 Å². The molecular weight excluding hydrogens is 206 g/mol. The van der Waals surface area contributed by atoms with Gasteiger partial charge in [0.15, 0.2) is 0 Å². The molecule has 60 valence electrons. The van der Waals surface area contributed by atoms with Gasteiger partial charge in [-0.2, -0.15) is 0 Å². The van der Waals surface area contributed by atoms with Crippen molar-refractivity contribution in [3.05, 3.63) is 34.3 Å². The molecule has 0 aromatic heterocycles. The van der Waals surface area contributed by atoms with Gasteiger partial charge in [0, 0.05) is 11.5 Å². The lowest BCUT2D eigenvalue weighted by Crippen LogP contribution is -2.06. The smallest absolute Gasteiger partial charge is 0.0933 e. The lowest BCUT2D eigenvalue weighted by atomic mass is 10.2. The highest BCUT2D eigenvalue weighted by molar-refractivity contribution is 9.10. The third kappa shape index (κ3) is 3.01. The van der Waals surface area contributed by atoms with Crippen LogP contribution in [0.2, 0.25) is 0 Å². The summed E-state index contributed by atoms with van der Waals surface area (Å²) in [4.78, 5) is 5.00. The highest BCUT2D eigenvalue weighted by Crippen LogP contribution is 2.11. The molecule has 0 fully saturated rings. The van der Waals surface area contributed by atoms with E-state index in [1.807, 2.05) is 24.3 Å². The number of hydroxylamine groups is 1. The van der Waals surface area contributed by atoms with Crippen LogP contribution in [0.25, 0.3) is 0 Å². The van der Waals surface area contributed by atoms with E-state index in [0.717, 1.165) is 10.0 Å². The van der Waals surface area contributed by atoms with Gasteiger partial charge in [0.25, 0.3) is 0 Å². The molecule has 11 heavy (non-hydrogen) atoms. The van der Waals surface area contributed by atoms with Gasteiger partial charge < -0.3 is 0 Å². The fourth-order valence-corrected chi connectivity index (χ4v) is 1.23. The molecule has 2 nitrogen and oxygen atoms in total. The van der Waals surface area contributed by atoms with Crippen molar-refractivity contribution in [2.24, 2.45) is 0 Å². The van der Waals surface area contributed by atoms with Crippen LogP contribution in [-0.2, 0) is 11.4 Å². The summed E-state index contributed by atoms with van der Waals surface area (Å²) in [5.74, 6) is 0. The molecule has 0 atom stereocenters. The van der Waals surface area contributed by atoms with Gasteiger partial charge in [0.05, 0.1) is 6.61 Å². The van der Waals surface area contributed by atoms with E-state index in [1.54, 1.807) is 7.05 Å². The van der Waals surface area contributed by atoms with Crippen molar-refractivity contribution in [3.63, 3.8) is 0 Å². The lowest BCUT2D eigenvalue weighted by Gasteiger charge is -2.01. The Bertz CT molecular complexity index is 227. The van der Waals surface area contributed by atoms with E-state index in [2.05, 4.69) is 21.4 Å². The molecule has 0 spiro atoms. The second-order valence-corrected chi connectivity index (χ2v) is 3.04. The summed E-state index contributed by atoms with van der Waals surface area (Å²) in [6.45, 7) is 0.593. The molecule has 1 aromatic rings. The second-order valence-electron chi connectivity index (χ2n) is 2.12. The third-order valence-corrected chi connectivity index (χ3v) is 1.77. The molecule has 0 amide bonds. The Morgan fingerprint density at radius 3 is 3.00 bits per heavy atom. The van der Waals surface area contributed by atoms with E-state index >= 15 is 0 Å². The first kappa shape index (κ1) is 8.71. The van der Waals surface area contributed by atoms with Crippen LogP contribution in [0.1, 0.15) is 5.56 Å². The summed E-state index contributed by atoms with van der Waals surface area (Å²) in [7, 11) is 1.75. The van der Waals surface area contributed by atoms with Gasteiger partial charge in [-0.3, -0.25) is 4.84 Å². The molecule has 0 saturated carbocycles. The van der Waals surface area contributed by atoms with Crippen LogP contribution in [-0.4, -0.2) is 7.05 Å². The first-order valence-corrected chi connectivity index (χ1v) is 4.15. The molecule has 0 saturated heterocycles. The van der Waals surface area contributed by atoms with Crippen molar-refractivity contribution < 1.29 is 4.84 Å². The van der Waals surface area contributed by atoms with Gasteiger partial charge in [-0.05, 0) is 17.7 Å². The molecule has 0 aliphatic carbocycles. The van der Waals surface area contributed by atoms with Crippen molar-refractivity contribution in [1.82, 2.24) is 5.48 Å². The molecule has 0 heterocycles. The molecule has 0 unspecified atom stereocenters. The van der Waals surface area contributed by atoms with Gasteiger partial charge in [-0.15, -0.1) is 0 Å². The minimum absolute atomic E-state index is 0.593. The van der Waals surface area contributed by atoms with E-state index in [4.69, 9.17) is 4.84 Å². The van der Waals surface area contributed by atoms with Gasteiger partial charge >= 0.3 is 0 Å². The Morgan fingerprint density at radius 2 is 2.36 bits per heavy atom. The van der Waals surface area contributed by atoms with Crippen molar-refractivity contribution in [3.8, 4) is 0 Å². The first-order chi connectivity index (χ1) is 5.33. The summed E-state index contributed by atoms with van der Waals surface area (Å²) in [6.07, 6.45) is 0. The Hall–Kier alpha value is -0.380. The Balaban J connectivity index is 2.56.